The van der Waals surface area contributed by atoms with Crippen LogP contribution in [0.25, 0.3) is 0 Å². The Bertz CT molecular complexity index is 273. The lowest BCUT2D eigenvalue weighted by atomic mass is 9.80. The fourth-order valence-electron chi connectivity index (χ4n) is 2.89. The van der Waals surface area contributed by atoms with Crippen molar-refractivity contribution < 1.29 is 0 Å². The van der Waals surface area contributed by atoms with Gasteiger partial charge in [0.15, 0.2) is 0 Å². The highest BCUT2D eigenvalue weighted by Gasteiger charge is 2.22. The van der Waals surface area contributed by atoms with Crippen molar-refractivity contribution in [1.29, 1.82) is 0 Å². The average Bonchev–Trinajstić information content (AvgIpc) is 2.17. The van der Waals surface area contributed by atoms with E-state index >= 15 is 0 Å². The number of fused-ring (bicyclic) bond motifs is 1. The fraction of sp³-hybridized carbons (Fsp3) is 0.786. The van der Waals surface area contributed by atoms with Crippen LogP contribution in [0.5, 0.6) is 0 Å². The average molecular weight is 205 g/mol. The largest absolute Gasteiger partial charge is 0.292 e. The zero-order chi connectivity index (χ0) is 10.7. The predicted molar refractivity (Wildman–Crippen MR) is 66.4 cm³/mol. The third kappa shape index (κ3) is 2.50. The Hall–Kier alpha value is -0.590. The number of allylic oxidation sites excluding steroid dienone is 1. The van der Waals surface area contributed by atoms with Crippen LogP contribution in [0.3, 0.4) is 0 Å². The predicted octanol–water partition coefficient (Wildman–Crippen LogP) is 3.99. The van der Waals surface area contributed by atoms with Crippen LogP contribution in [0, 0.1) is 11.8 Å². The Morgan fingerprint density at radius 1 is 1.20 bits per heavy atom. The second kappa shape index (κ2) is 4.96. The minimum absolute atomic E-state index is 0.691. The molecule has 0 aromatic heterocycles. The smallest absolute Gasteiger partial charge is 0.0601 e. The molecule has 1 heteroatoms. The molecule has 0 aromatic carbocycles. The number of rotatable bonds is 1. The molecule has 1 aliphatic carbocycles. The summed E-state index contributed by atoms with van der Waals surface area (Å²) in [5, 5.41) is 0. The second-order valence-corrected chi connectivity index (χ2v) is 5.25. The Labute approximate surface area is 93.7 Å². The minimum atomic E-state index is 0.691. The molecule has 0 radical (unpaired) electrons. The molecule has 1 nitrogen and oxygen atoms in total. The fourth-order valence-corrected chi connectivity index (χ4v) is 2.89. The van der Waals surface area contributed by atoms with Gasteiger partial charge in [0, 0.05) is 12.1 Å². The first-order valence-electron chi connectivity index (χ1n) is 6.51. The van der Waals surface area contributed by atoms with E-state index in [0.29, 0.717) is 11.8 Å². The van der Waals surface area contributed by atoms with Gasteiger partial charge in [-0.15, -0.1) is 0 Å². The summed E-state index contributed by atoms with van der Waals surface area (Å²) in [5.74, 6) is 1.39. The van der Waals surface area contributed by atoms with Crippen LogP contribution in [0.1, 0.15) is 52.4 Å². The quantitative estimate of drug-likeness (QED) is 0.574. The number of aliphatic imine (C=N–C) groups is 1. The summed E-state index contributed by atoms with van der Waals surface area (Å²) in [4.78, 5) is 4.55. The van der Waals surface area contributed by atoms with E-state index < -0.39 is 0 Å². The first-order chi connectivity index (χ1) is 7.29. The molecule has 0 bridgehead atoms. The molecule has 15 heavy (non-hydrogen) atoms. The number of nitrogens with zero attached hydrogens (tertiary/aromatic N) is 1. The highest BCUT2D eigenvalue weighted by Crippen LogP contribution is 2.33. The summed E-state index contributed by atoms with van der Waals surface area (Å²) in [7, 11) is 0. The highest BCUT2D eigenvalue weighted by molar-refractivity contribution is 5.67. The lowest BCUT2D eigenvalue weighted by Crippen LogP contribution is -2.19. The van der Waals surface area contributed by atoms with Crippen molar-refractivity contribution in [3.63, 3.8) is 0 Å². The maximum atomic E-state index is 4.55. The van der Waals surface area contributed by atoms with E-state index in [4.69, 9.17) is 0 Å². The van der Waals surface area contributed by atoms with Crippen molar-refractivity contribution in [2.75, 3.05) is 6.54 Å². The Morgan fingerprint density at radius 2 is 2.00 bits per heavy atom. The van der Waals surface area contributed by atoms with Crippen molar-refractivity contribution >= 4 is 6.21 Å². The molecule has 0 N–H and O–H groups in total. The van der Waals surface area contributed by atoms with Crippen LogP contribution in [0.15, 0.2) is 16.1 Å². The third-order valence-electron chi connectivity index (χ3n) is 3.82. The zero-order valence-electron chi connectivity index (χ0n) is 10.1. The van der Waals surface area contributed by atoms with E-state index in [0.717, 1.165) is 6.54 Å². The van der Waals surface area contributed by atoms with Gasteiger partial charge in [0.2, 0.25) is 0 Å². The topological polar surface area (TPSA) is 12.4 Å². The van der Waals surface area contributed by atoms with Crippen LogP contribution in [0.4, 0.5) is 0 Å². The summed E-state index contributed by atoms with van der Waals surface area (Å²) < 4.78 is 0. The van der Waals surface area contributed by atoms with E-state index in [1.54, 1.807) is 11.1 Å². The molecule has 1 aliphatic heterocycles. The van der Waals surface area contributed by atoms with Gasteiger partial charge in [0.1, 0.15) is 0 Å². The molecule has 1 saturated carbocycles. The van der Waals surface area contributed by atoms with Crippen molar-refractivity contribution in [2.45, 2.75) is 52.4 Å². The van der Waals surface area contributed by atoms with Gasteiger partial charge in [0.05, 0.1) is 6.54 Å². The van der Waals surface area contributed by atoms with Gasteiger partial charge in [-0.05, 0) is 30.8 Å². The normalized spacial score (nSPS) is 27.5. The first kappa shape index (κ1) is 10.9. The molecule has 1 heterocycles. The van der Waals surface area contributed by atoms with Gasteiger partial charge < -0.3 is 0 Å². The van der Waals surface area contributed by atoms with E-state index in [9.17, 15) is 0 Å². The van der Waals surface area contributed by atoms with Crippen LogP contribution >= 0.6 is 0 Å². The van der Waals surface area contributed by atoms with E-state index in [-0.39, 0.29) is 0 Å². The molecule has 0 amide bonds. The Kier molecular flexibility index (Phi) is 3.61. The molecule has 0 aromatic rings. The van der Waals surface area contributed by atoms with Crippen molar-refractivity contribution in [3.05, 3.63) is 11.1 Å². The van der Waals surface area contributed by atoms with Crippen LogP contribution < -0.4 is 0 Å². The van der Waals surface area contributed by atoms with Crippen molar-refractivity contribution in [2.24, 2.45) is 16.8 Å². The van der Waals surface area contributed by atoms with Crippen LogP contribution in [-0.2, 0) is 0 Å². The van der Waals surface area contributed by atoms with Crippen LogP contribution in [0.2, 0.25) is 0 Å². The molecular weight excluding hydrogens is 182 g/mol. The lowest BCUT2D eigenvalue weighted by molar-refractivity contribution is 0.514. The van der Waals surface area contributed by atoms with E-state index in [1.807, 2.05) is 0 Å². The van der Waals surface area contributed by atoms with Gasteiger partial charge in [-0.25, -0.2) is 0 Å². The molecular formula is C14H23N. The summed E-state index contributed by atoms with van der Waals surface area (Å²) in [5.41, 5.74) is 3.39. The monoisotopic (exact) mass is 205 g/mol. The SMILES string of the molecule is CC(C)C1=C2CCCCCCC2C=NC1. The zero-order valence-corrected chi connectivity index (χ0v) is 10.1. The summed E-state index contributed by atoms with van der Waals surface area (Å²) in [6.45, 7) is 5.61. The second-order valence-electron chi connectivity index (χ2n) is 5.25. The van der Waals surface area contributed by atoms with Crippen LogP contribution in [-0.4, -0.2) is 12.8 Å². The maximum Gasteiger partial charge on any atom is 0.0601 e. The molecule has 2 aliphatic rings. The summed E-state index contributed by atoms with van der Waals surface area (Å²) in [6, 6.07) is 0. The lowest BCUT2D eigenvalue weighted by Gasteiger charge is -2.28. The summed E-state index contributed by atoms with van der Waals surface area (Å²) >= 11 is 0. The molecule has 2 rings (SSSR count). The Morgan fingerprint density at radius 3 is 2.80 bits per heavy atom. The minimum Gasteiger partial charge on any atom is -0.292 e. The number of hydrogen-bond acceptors (Lipinski definition) is 1. The third-order valence-corrected chi connectivity index (χ3v) is 3.82. The molecule has 1 unspecified atom stereocenters. The number of hydrogen-bond donors (Lipinski definition) is 0. The van der Waals surface area contributed by atoms with Gasteiger partial charge in [-0.3, -0.25) is 4.99 Å². The van der Waals surface area contributed by atoms with E-state index in [2.05, 4.69) is 25.1 Å². The molecule has 1 fully saturated rings. The molecule has 0 saturated heterocycles. The van der Waals surface area contributed by atoms with Gasteiger partial charge >= 0.3 is 0 Å². The van der Waals surface area contributed by atoms with Gasteiger partial charge in [-0.2, -0.15) is 0 Å². The number of dihydropyridines is 1. The van der Waals surface area contributed by atoms with Crippen molar-refractivity contribution in [3.8, 4) is 0 Å². The molecule has 84 valence electrons. The molecule has 0 spiro atoms. The maximum absolute atomic E-state index is 4.55. The highest BCUT2D eigenvalue weighted by atomic mass is 14.7. The first-order valence-corrected chi connectivity index (χ1v) is 6.51. The Balaban J connectivity index is 2.21. The van der Waals surface area contributed by atoms with Crippen molar-refractivity contribution in [1.82, 2.24) is 0 Å². The standard InChI is InChI=1S/C14H23N/c1-11(2)14-10-15-9-12-7-5-3-4-6-8-13(12)14/h9,11-12H,3-8,10H2,1-2H3. The molecule has 1 atom stereocenters. The summed E-state index contributed by atoms with van der Waals surface area (Å²) in [6.07, 6.45) is 10.6. The van der Waals surface area contributed by atoms with Gasteiger partial charge in [0.25, 0.3) is 0 Å². The van der Waals surface area contributed by atoms with E-state index in [1.165, 1.54) is 38.5 Å². The van der Waals surface area contributed by atoms with Gasteiger partial charge in [-0.1, -0.05) is 38.7 Å².